The van der Waals surface area contributed by atoms with E-state index in [1.165, 1.54) is 0 Å². The van der Waals surface area contributed by atoms with Gasteiger partial charge in [-0.1, -0.05) is 53.7 Å². The number of aromatic hydroxyl groups is 2. The molecule has 0 atom stereocenters. The molecule has 0 saturated carbocycles. The average Bonchev–Trinajstić information content (AvgIpc) is 2.88. The highest BCUT2D eigenvalue weighted by atomic mass is 16.6. The third-order valence-corrected chi connectivity index (χ3v) is 7.41. The molecule has 42 heavy (non-hydrogen) atoms. The van der Waals surface area contributed by atoms with E-state index in [-0.39, 0.29) is 73.5 Å². The van der Waals surface area contributed by atoms with Crippen LogP contribution in [0.15, 0.2) is 12.1 Å². The molecule has 0 aliphatic carbocycles. The lowest BCUT2D eigenvalue weighted by Gasteiger charge is -2.24. The van der Waals surface area contributed by atoms with E-state index in [4.69, 9.17) is 18.9 Å². The maximum atomic E-state index is 12.4. The SMILES string of the molecule is Cc1cc(C(C)(C)C)c(O)c(C)c1CC(=O)OCCOCCOCCOC(=O)Cc1c(C)cc(C(C)(C)C)c(O)c1C. The van der Waals surface area contributed by atoms with Crippen LogP contribution in [0.3, 0.4) is 0 Å². The van der Waals surface area contributed by atoms with E-state index in [0.717, 1.165) is 33.4 Å². The Morgan fingerprint density at radius 2 is 0.905 bits per heavy atom. The molecule has 8 heteroatoms. The summed E-state index contributed by atoms with van der Waals surface area (Å²) in [6.07, 6.45) is 0.167. The number of hydrogen-bond acceptors (Lipinski definition) is 8. The zero-order valence-electron chi connectivity index (χ0n) is 27.2. The maximum absolute atomic E-state index is 12.4. The molecule has 0 radical (unpaired) electrons. The Morgan fingerprint density at radius 1 is 0.595 bits per heavy atom. The van der Waals surface area contributed by atoms with Gasteiger partial charge in [0.2, 0.25) is 0 Å². The van der Waals surface area contributed by atoms with Gasteiger partial charge in [-0.15, -0.1) is 0 Å². The van der Waals surface area contributed by atoms with Gasteiger partial charge in [0, 0.05) is 0 Å². The molecule has 0 heterocycles. The lowest BCUT2D eigenvalue weighted by molar-refractivity contribution is -0.146. The zero-order valence-corrected chi connectivity index (χ0v) is 27.2. The van der Waals surface area contributed by atoms with Crippen molar-refractivity contribution in [2.45, 2.75) is 92.9 Å². The van der Waals surface area contributed by atoms with Crippen molar-refractivity contribution in [3.63, 3.8) is 0 Å². The Hall–Kier alpha value is -3.10. The topological polar surface area (TPSA) is 112 Å². The van der Waals surface area contributed by atoms with Crippen molar-refractivity contribution >= 4 is 11.9 Å². The van der Waals surface area contributed by atoms with Gasteiger partial charge in [-0.3, -0.25) is 9.59 Å². The highest BCUT2D eigenvalue weighted by molar-refractivity contribution is 5.75. The van der Waals surface area contributed by atoms with Gasteiger partial charge >= 0.3 is 11.9 Å². The standard InChI is InChI=1S/C34H50O8/c1-21-17-27(33(5,6)7)31(37)23(3)25(21)19-29(35)41-15-13-39-11-12-40-14-16-42-30(36)20-26-22(2)18-28(34(8,9)10)32(38)24(26)4/h17-18,37-38H,11-16,19-20H2,1-10H3. The van der Waals surface area contributed by atoms with E-state index in [0.29, 0.717) is 24.3 Å². The quantitative estimate of drug-likeness (QED) is 0.223. The fourth-order valence-electron chi connectivity index (χ4n) is 4.85. The van der Waals surface area contributed by atoms with Gasteiger partial charge in [-0.05, 0) is 83.0 Å². The summed E-state index contributed by atoms with van der Waals surface area (Å²) in [4.78, 5) is 24.7. The first-order valence-electron chi connectivity index (χ1n) is 14.6. The molecule has 0 bridgehead atoms. The highest BCUT2D eigenvalue weighted by Gasteiger charge is 2.24. The summed E-state index contributed by atoms with van der Waals surface area (Å²) in [5.41, 5.74) is 6.18. The molecule has 0 fully saturated rings. The number of aryl methyl sites for hydroxylation is 2. The van der Waals surface area contributed by atoms with E-state index < -0.39 is 0 Å². The molecular formula is C34H50O8. The minimum atomic E-state index is -0.378. The highest BCUT2D eigenvalue weighted by Crippen LogP contribution is 2.37. The van der Waals surface area contributed by atoms with Gasteiger partial charge < -0.3 is 29.2 Å². The predicted octanol–water partition coefficient (Wildman–Crippen LogP) is 5.83. The monoisotopic (exact) mass is 586 g/mol. The van der Waals surface area contributed by atoms with E-state index in [2.05, 4.69) is 0 Å². The molecule has 0 amide bonds. The molecule has 0 aliphatic rings. The zero-order chi connectivity index (χ0) is 31.8. The van der Waals surface area contributed by atoms with Crippen molar-refractivity contribution < 1.29 is 38.7 Å². The molecule has 234 valence electrons. The molecule has 2 N–H and O–H groups in total. The summed E-state index contributed by atoms with van der Waals surface area (Å²) in [7, 11) is 0. The van der Waals surface area contributed by atoms with Crippen molar-refractivity contribution in [1.82, 2.24) is 0 Å². The smallest absolute Gasteiger partial charge is 0.310 e. The number of rotatable bonds is 13. The second-order valence-corrected chi connectivity index (χ2v) is 12.9. The Balaban J connectivity index is 1.63. The number of phenols is 2. The average molecular weight is 587 g/mol. The third kappa shape index (κ3) is 9.73. The Kier molecular flexibility index (Phi) is 12.4. The van der Waals surface area contributed by atoms with Crippen LogP contribution in [0.2, 0.25) is 0 Å². The number of hydrogen-bond donors (Lipinski definition) is 2. The van der Waals surface area contributed by atoms with Crippen LogP contribution in [0.5, 0.6) is 11.5 Å². The van der Waals surface area contributed by atoms with Crippen molar-refractivity contribution in [2.24, 2.45) is 0 Å². The number of carbonyl (C=O) groups is 2. The van der Waals surface area contributed by atoms with E-state index >= 15 is 0 Å². The molecule has 0 aromatic heterocycles. The van der Waals surface area contributed by atoms with Crippen LogP contribution >= 0.6 is 0 Å². The minimum absolute atomic E-state index is 0.0833. The summed E-state index contributed by atoms with van der Waals surface area (Å²) in [6, 6.07) is 3.88. The molecule has 8 nitrogen and oxygen atoms in total. The molecule has 0 saturated heterocycles. The molecule has 2 aromatic rings. The summed E-state index contributed by atoms with van der Waals surface area (Å²) in [5, 5.41) is 21.3. The first kappa shape index (κ1) is 35.1. The van der Waals surface area contributed by atoms with Crippen LogP contribution in [-0.4, -0.2) is 61.8 Å². The van der Waals surface area contributed by atoms with E-state index in [9.17, 15) is 19.8 Å². The number of benzene rings is 2. The fraction of sp³-hybridized carbons (Fsp3) is 0.588. The van der Waals surface area contributed by atoms with Crippen LogP contribution < -0.4 is 0 Å². The van der Waals surface area contributed by atoms with Crippen molar-refractivity contribution in [3.05, 3.63) is 56.6 Å². The summed E-state index contributed by atoms with van der Waals surface area (Å²) >= 11 is 0. The first-order valence-corrected chi connectivity index (χ1v) is 14.6. The lowest BCUT2D eigenvalue weighted by Crippen LogP contribution is -2.18. The molecule has 0 spiro atoms. The van der Waals surface area contributed by atoms with Crippen LogP contribution in [-0.2, 0) is 52.2 Å². The van der Waals surface area contributed by atoms with Gasteiger partial charge in [0.15, 0.2) is 0 Å². The predicted molar refractivity (Wildman–Crippen MR) is 164 cm³/mol. The number of carbonyl (C=O) groups excluding carboxylic acids is 2. The molecule has 0 aliphatic heterocycles. The molecule has 0 unspecified atom stereocenters. The summed E-state index contributed by atoms with van der Waals surface area (Å²) < 4.78 is 21.5. The van der Waals surface area contributed by atoms with E-state index in [1.807, 2.05) is 81.4 Å². The van der Waals surface area contributed by atoms with Gasteiger partial charge in [0.05, 0.1) is 39.3 Å². The third-order valence-electron chi connectivity index (χ3n) is 7.41. The van der Waals surface area contributed by atoms with Crippen LogP contribution in [0.1, 0.15) is 86.1 Å². The van der Waals surface area contributed by atoms with Crippen molar-refractivity contribution in [2.75, 3.05) is 39.6 Å². The second-order valence-electron chi connectivity index (χ2n) is 12.9. The first-order chi connectivity index (χ1) is 19.4. The van der Waals surface area contributed by atoms with Crippen molar-refractivity contribution in [1.29, 1.82) is 0 Å². The van der Waals surface area contributed by atoms with Crippen LogP contribution in [0.25, 0.3) is 0 Å². The summed E-state index contributed by atoms with van der Waals surface area (Å²) in [6.45, 7) is 21.1. The summed E-state index contributed by atoms with van der Waals surface area (Å²) in [5.74, 6) is -0.302. The van der Waals surface area contributed by atoms with Gasteiger partial charge in [-0.25, -0.2) is 0 Å². The molecule has 2 rings (SSSR count). The number of esters is 2. The van der Waals surface area contributed by atoms with Gasteiger partial charge in [0.1, 0.15) is 24.7 Å². The molecule has 2 aromatic carbocycles. The van der Waals surface area contributed by atoms with Crippen LogP contribution in [0.4, 0.5) is 0 Å². The van der Waals surface area contributed by atoms with Gasteiger partial charge in [0.25, 0.3) is 0 Å². The second kappa shape index (κ2) is 14.9. The Bertz CT molecular complexity index is 1150. The Labute approximate surface area is 251 Å². The maximum Gasteiger partial charge on any atom is 0.310 e. The molecular weight excluding hydrogens is 536 g/mol. The fourth-order valence-corrected chi connectivity index (χ4v) is 4.85. The number of ether oxygens (including phenoxy) is 4. The van der Waals surface area contributed by atoms with Crippen molar-refractivity contribution in [3.8, 4) is 11.5 Å². The van der Waals surface area contributed by atoms with E-state index in [1.54, 1.807) is 0 Å². The minimum Gasteiger partial charge on any atom is -0.507 e. The number of phenolic OH excluding ortho intramolecular Hbond substituents is 2. The normalized spacial score (nSPS) is 12.0. The van der Waals surface area contributed by atoms with Crippen LogP contribution in [0, 0.1) is 27.7 Å². The van der Waals surface area contributed by atoms with Gasteiger partial charge in [-0.2, -0.15) is 0 Å². The Morgan fingerprint density at radius 3 is 1.21 bits per heavy atom. The lowest BCUT2D eigenvalue weighted by atomic mass is 9.82. The largest absolute Gasteiger partial charge is 0.507 e.